The van der Waals surface area contributed by atoms with Crippen molar-refractivity contribution in [2.75, 3.05) is 0 Å². The molecule has 1 rings (SSSR count). The van der Waals surface area contributed by atoms with Gasteiger partial charge in [0, 0.05) is 18.3 Å². The summed E-state index contributed by atoms with van der Waals surface area (Å²) in [5, 5.41) is 0. The predicted octanol–water partition coefficient (Wildman–Crippen LogP) is 2.06. The maximum absolute atomic E-state index is 10.7. The number of primary amides is 1. The highest BCUT2D eigenvalue weighted by Crippen LogP contribution is 2.29. The van der Waals surface area contributed by atoms with Gasteiger partial charge in [-0.1, -0.05) is 13.0 Å². The van der Waals surface area contributed by atoms with Gasteiger partial charge in [0.2, 0.25) is 0 Å². The lowest BCUT2D eigenvalue weighted by atomic mass is 9.87. The monoisotopic (exact) mass is 208 g/mol. The number of rotatable bonds is 3. The summed E-state index contributed by atoms with van der Waals surface area (Å²) >= 11 is 0. The van der Waals surface area contributed by atoms with Crippen molar-refractivity contribution in [3.8, 4) is 0 Å². The first-order valence-corrected chi connectivity index (χ1v) is 4.82. The van der Waals surface area contributed by atoms with Crippen molar-refractivity contribution in [1.82, 2.24) is 4.98 Å². The van der Waals surface area contributed by atoms with Crippen LogP contribution in [0.15, 0.2) is 24.5 Å². The molecule has 4 nitrogen and oxygen atoms in total. The molecule has 0 radical (unpaired) electrons. The highest BCUT2D eigenvalue weighted by atomic mass is 16.6. The van der Waals surface area contributed by atoms with E-state index in [1.54, 1.807) is 12.4 Å². The first-order chi connectivity index (χ1) is 6.93. The second-order valence-corrected chi connectivity index (χ2v) is 4.03. The molecule has 1 atom stereocenters. The molecule has 0 aliphatic rings. The Balaban J connectivity index is 2.84. The quantitative estimate of drug-likeness (QED) is 0.826. The first-order valence-electron chi connectivity index (χ1n) is 4.82. The third kappa shape index (κ3) is 2.94. The molecule has 15 heavy (non-hydrogen) atoms. The van der Waals surface area contributed by atoms with Crippen molar-refractivity contribution >= 4 is 6.09 Å². The molecule has 0 aliphatic heterocycles. The summed E-state index contributed by atoms with van der Waals surface area (Å²) in [5.41, 5.74) is 5.40. The molecule has 0 aliphatic carbocycles. The lowest BCUT2D eigenvalue weighted by Crippen LogP contribution is -2.36. The molecule has 1 aromatic rings. The molecule has 1 aromatic heterocycles. The van der Waals surface area contributed by atoms with Gasteiger partial charge in [-0.2, -0.15) is 0 Å². The van der Waals surface area contributed by atoms with Crippen LogP contribution in [0.5, 0.6) is 0 Å². The lowest BCUT2D eigenvalue weighted by molar-refractivity contribution is 0.0281. The van der Waals surface area contributed by atoms with Gasteiger partial charge in [0.15, 0.2) is 0 Å². The second kappa shape index (κ2) is 4.29. The van der Waals surface area contributed by atoms with Crippen LogP contribution in [0.25, 0.3) is 0 Å². The Hall–Kier alpha value is -1.58. The van der Waals surface area contributed by atoms with Crippen LogP contribution < -0.4 is 5.73 Å². The number of pyridine rings is 1. The number of carbonyl (C=O) groups is 1. The molecule has 1 unspecified atom stereocenters. The standard InChI is InChI=1S/C11H16N2O2/c1-8(9-5-4-6-13-7-9)11(2,3)15-10(12)14/h4-8H,1-3H3,(H2,12,14). The Labute approximate surface area is 89.5 Å². The summed E-state index contributed by atoms with van der Waals surface area (Å²) in [6, 6.07) is 3.80. The molecule has 0 spiro atoms. The Kier molecular flexibility index (Phi) is 3.29. The molecule has 2 N–H and O–H groups in total. The largest absolute Gasteiger partial charge is 0.443 e. The summed E-state index contributed by atoms with van der Waals surface area (Å²) in [6.07, 6.45) is 2.71. The average molecular weight is 208 g/mol. The van der Waals surface area contributed by atoms with E-state index in [2.05, 4.69) is 4.98 Å². The van der Waals surface area contributed by atoms with E-state index >= 15 is 0 Å². The summed E-state index contributed by atoms with van der Waals surface area (Å²) in [7, 11) is 0. The third-order valence-electron chi connectivity index (χ3n) is 2.59. The van der Waals surface area contributed by atoms with Crippen molar-refractivity contribution in [2.45, 2.75) is 32.3 Å². The van der Waals surface area contributed by atoms with Gasteiger partial charge in [0.1, 0.15) is 5.60 Å². The summed E-state index contributed by atoms with van der Waals surface area (Å²) in [6.45, 7) is 5.63. The van der Waals surface area contributed by atoms with Crippen LogP contribution in [0.1, 0.15) is 32.3 Å². The minimum absolute atomic E-state index is 0.0405. The van der Waals surface area contributed by atoms with E-state index in [0.29, 0.717) is 0 Å². The zero-order valence-electron chi connectivity index (χ0n) is 9.23. The van der Waals surface area contributed by atoms with Crippen LogP contribution in [-0.2, 0) is 4.74 Å². The number of ether oxygens (including phenoxy) is 1. The maximum Gasteiger partial charge on any atom is 0.405 e. The van der Waals surface area contributed by atoms with Gasteiger partial charge in [-0.25, -0.2) is 4.79 Å². The lowest BCUT2D eigenvalue weighted by Gasteiger charge is -2.30. The number of nitrogens with zero attached hydrogens (tertiary/aromatic N) is 1. The zero-order chi connectivity index (χ0) is 11.5. The van der Waals surface area contributed by atoms with E-state index in [-0.39, 0.29) is 5.92 Å². The predicted molar refractivity (Wildman–Crippen MR) is 57.4 cm³/mol. The number of hydrogen-bond donors (Lipinski definition) is 1. The van der Waals surface area contributed by atoms with Gasteiger partial charge in [-0.3, -0.25) is 4.98 Å². The maximum atomic E-state index is 10.7. The molecule has 0 saturated carbocycles. The SMILES string of the molecule is CC(c1cccnc1)C(C)(C)OC(N)=O. The number of carbonyl (C=O) groups excluding carboxylic acids is 1. The fraction of sp³-hybridized carbons (Fsp3) is 0.455. The topological polar surface area (TPSA) is 65.2 Å². The number of nitrogens with two attached hydrogens (primary N) is 1. The Morgan fingerprint density at radius 2 is 2.27 bits per heavy atom. The van der Waals surface area contributed by atoms with Gasteiger partial charge < -0.3 is 10.5 Å². The Bertz CT molecular complexity index is 336. The number of hydrogen-bond acceptors (Lipinski definition) is 3. The summed E-state index contributed by atoms with van der Waals surface area (Å²) in [5.74, 6) is 0.0405. The van der Waals surface area contributed by atoms with Crippen LogP contribution in [0, 0.1) is 0 Å². The highest BCUT2D eigenvalue weighted by molar-refractivity contribution is 5.65. The molecular weight excluding hydrogens is 192 g/mol. The molecule has 82 valence electrons. The van der Waals surface area contributed by atoms with Crippen LogP contribution in [0.4, 0.5) is 4.79 Å². The Morgan fingerprint density at radius 3 is 2.73 bits per heavy atom. The van der Waals surface area contributed by atoms with Crippen molar-refractivity contribution < 1.29 is 9.53 Å². The van der Waals surface area contributed by atoms with Gasteiger partial charge in [-0.15, -0.1) is 0 Å². The van der Waals surface area contributed by atoms with Crippen molar-refractivity contribution in [3.05, 3.63) is 30.1 Å². The van der Waals surface area contributed by atoms with E-state index in [4.69, 9.17) is 10.5 Å². The molecule has 4 heteroatoms. The van der Waals surface area contributed by atoms with Gasteiger partial charge in [0.05, 0.1) is 0 Å². The van der Waals surface area contributed by atoms with E-state index < -0.39 is 11.7 Å². The minimum Gasteiger partial charge on any atom is -0.443 e. The third-order valence-corrected chi connectivity index (χ3v) is 2.59. The summed E-state index contributed by atoms with van der Waals surface area (Å²) in [4.78, 5) is 14.8. The minimum atomic E-state index is -0.754. The van der Waals surface area contributed by atoms with E-state index in [0.717, 1.165) is 5.56 Å². The second-order valence-electron chi connectivity index (χ2n) is 4.03. The van der Waals surface area contributed by atoms with E-state index in [1.807, 2.05) is 32.9 Å². The smallest absolute Gasteiger partial charge is 0.405 e. The first kappa shape index (κ1) is 11.5. The molecule has 0 bridgehead atoms. The van der Waals surface area contributed by atoms with Crippen molar-refractivity contribution in [3.63, 3.8) is 0 Å². The van der Waals surface area contributed by atoms with Crippen LogP contribution in [0.2, 0.25) is 0 Å². The molecule has 1 amide bonds. The van der Waals surface area contributed by atoms with Gasteiger partial charge in [-0.05, 0) is 25.5 Å². The fourth-order valence-corrected chi connectivity index (χ4v) is 1.38. The molecule has 0 fully saturated rings. The van der Waals surface area contributed by atoms with Crippen LogP contribution in [0.3, 0.4) is 0 Å². The van der Waals surface area contributed by atoms with Crippen LogP contribution >= 0.6 is 0 Å². The van der Waals surface area contributed by atoms with Crippen LogP contribution in [-0.4, -0.2) is 16.7 Å². The van der Waals surface area contributed by atoms with Gasteiger partial charge in [0.25, 0.3) is 0 Å². The molecular formula is C11H16N2O2. The number of amides is 1. The van der Waals surface area contributed by atoms with Crippen molar-refractivity contribution in [2.24, 2.45) is 5.73 Å². The Morgan fingerprint density at radius 1 is 1.60 bits per heavy atom. The molecule has 0 aromatic carbocycles. The van der Waals surface area contributed by atoms with Gasteiger partial charge >= 0.3 is 6.09 Å². The molecule has 0 saturated heterocycles. The molecule has 1 heterocycles. The van der Waals surface area contributed by atoms with Crippen molar-refractivity contribution in [1.29, 1.82) is 0 Å². The average Bonchev–Trinajstić information content (AvgIpc) is 2.16. The van der Waals surface area contributed by atoms with E-state index in [1.165, 1.54) is 0 Å². The normalized spacial score (nSPS) is 13.3. The van der Waals surface area contributed by atoms with E-state index in [9.17, 15) is 4.79 Å². The summed E-state index contributed by atoms with van der Waals surface area (Å²) < 4.78 is 5.06. The fourth-order valence-electron chi connectivity index (χ4n) is 1.38. The zero-order valence-corrected chi connectivity index (χ0v) is 9.23. The highest BCUT2D eigenvalue weighted by Gasteiger charge is 2.30. The number of aromatic nitrogens is 1.